The van der Waals surface area contributed by atoms with Crippen LogP contribution in [-0.4, -0.2) is 19.6 Å². The van der Waals surface area contributed by atoms with E-state index < -0.39 is 29.5 Å². The molecule has 0 fully saturated rings. The van der Waals surface area contributed by atoms with Gasteiger partial charge in [0.2, 0.25) is 5.91 Å². The standard InChI is InChI=1S/C18H20N4O4/c1-4-9-20-16(24)21(10-5-2)18(26)22(17(20)25)12-15(23)19-14-8-6-7-13(3)11-14/h4-8,11H,1-2,9-10,12H2,3H3,(H,19,23). The summed E-state index contributed by atoms with van der Waals surface area (Å²) in [6.07, 6.45) is 2.73. The highest BCUT2D eigenvalue weighted by Crippen LogP contribution is 2.09. The molecule has 8 nitrogen and oxygen atoms in total. The predicted molar refractivity (Wildman–Crippen MR) is 99.4 cm³/mol. The van der Waals surface area contributed by atoms with Crippen molar-refractivity contribution in [1.29, 1.82) is 0 Å². The van der Waals surface area contributed by atoms with Gasteiger partial charge in [-0.15, -0.1) is 13.2 Å². The monoisotopic (exact) mass is 356 g/mol. The highest BCUT2D eigenvalue weighted by molar-refractivity contribution is 5.90. The van der Waals surface area contributed by atoms with Crippen molar-refractivity contribution in [1.82, 2.24) is 13.7 Å². The van der Waals surface area contributed by atoms with Crippen molar-refractivity contribution in [2.45, 2.75) is 26.6 Å². The minimum absolute atomic E-state index is 0.0748. The van der Waals surface area contributed by atoms with Crippen LogP contribution in [0.15, 0.2) is 64.0 Å². The maximum Gasteiger partial charge on any atom is 0.337 e. The van der Waals surface area contributed by atoms with Crippen molar-refractivity contribution in [3.05, 3.63) is 86.6 Å². The average molecular weight is 356 g/mol. The molecule has 8 heteroatoms. The van der Waals surface area contributed by atoms with Gasteiger partial charge in [0.25, 0.3) is 0 Å². The van der Waals surface area contributed by atoms with Crippen LogP contribution in [0.1, 0.15) is 5.56 Å². The Bertz CT molecular complexity index is 978. The summed E-state index contributed by atoms with van der Waals surface area (Å²) in [6, 6.07) is 7.11. The van der Waals surface area contributed by atoms with Crippen LogP contribution in [0.5, 0.6) is 0 Å². The van der Waals surface area contributed by atoms with E-state index in [1.165, 1.54) is 12.2 Å². The van der Waals surface area contributed by atoms with Crippen LogP contribution in [-0.2, 0) is 24.4 Å². The van der Waals surface area contributed by atoms with Crippen LogP contribution in [0.4, 0.5) is 5.69 Å². The van der Waals surface area contributed by atoms with Crippen LogP contribution in [0.2, 0.25) is 0 Å². The number of aromatic nitrogens is 3. The Morgan fingerprint density at radius 1 is 1.00 bits per heavy atom. The molecule has 0 bridgehead atoms. The van der Waals surface area contributed by atoms with Gasteiger partial charge in [-0.2, -0.15) is 0 Å². The van der Waals surface area contributed by atoms with Gasteiger partial charge >= 0.3 is 17.1 Å². The number of nitrogens with one attached hydrogen (secondary N) is 1. The number of nitrogens with zero attached hydrogens (tertiary/aromatic N) is 3. The van der Waals surface area contributed by atoms with Gasteiger partial charge in [-0.05, 0) is 24.6 Å². The van der Waals surface area contributed by atoms with Crippen LogP contribution in [0, 0.1) is 6.92 Å². The zero-order chi connectivity index (χ0) is 19.3. The Kier molecular flexibility index (Phi) is 5.90. The number of carbonyl (C=O) groups excluding carboxylic acids is 1. The number of benzene rings is 1. The molecule has 0 aliphatic rings. The Hall–Kier alpha value is -3.42. The highest BCUT2D eigenvalue weighted by Gasteiger charge is 2.16. The van der Waals surface area contributed by atoms with Gasteiger partial charge in [0, 0.05) is 5.69 Å². The van der Waals surface area contributed by atoms with Crippen molar-refractivity contribution >= 4 is 11.6 Å². The molecule has 1 amide bonds. The average Bonchev–Trinajstić information content (AvgIpc) is 2.59. The van der Waals surface area contributed by atoms with Crippen LogP contribution in [0.25, 0.3) is 0 Å². The second-order valence-corrected chi connectivity index (χ2v) is 5.65. The first-order valence-corrected chi connectivity index (χ1v) is 7.91. The summed E-state index contributed by atoms with van der Waals surface area (Å²) in [4.78, 5) is 49.5. The van der Waals surface area contributed by atoms with E-state index in [0.717, 1.165) is 19.3 Å². The van der Waals surface area contributed by atoms with Crippen LogP contribution >= 0.6 is 0 Å². The fourth-order valence-corrected chi connectivity index (χ4v) is 2.46. The van der Waals surface area contributed by atoms with E-state index in [2.05, 4.69) is 18.5 Å². The molecule has 136 valence electrons. The Labute approximate surface area is 149 Å². The Balaban J connectivity index is 2.44. The van der Waals surface area contributed by atoms with E-state index >= 15 is 0 Å². The largest absolute Gasteiger partial charge is 0.337 e. The molecule has 0 unspecified atom stereocenters. The number of hydrogen-bond donors (Lipinski definition) is 1. The molecule has 1 N–H and O–H groups in total. The van der Waals surface area contributed by atoms with Gasteiger partial charge in [-0.25, -0.2) is 28.1 Å². The quantitative estimate of drug-likeness (QED) is 0.731. The molecule has 0 spiro atoms. The minimum Gasteiger partial charge on any atom is -0.325 e. The molecule has 0 saturated carbocycles. The Morgan fingerprint density at radius 3 is 2.04 bits per heavy atom. The summed E-state index contributed by atoms with van der Waals surface area (Å²) < 4.78 is 2.41. The zero-order valence-corrected chi connectivity index (χ0v) is 14.5. The van der Waals surface area contributed by atoms with Crippen molar-refractivity contribution in [2.24, 2.45) is 0 Å². The fraction of sp³-hybridized carbons (Fsp3) is 0.222. The van der Waals surface area contributed by atoms with Crippen molar-refractivity contribution in [2.75, 3.05) is 5.32 Å². The summed E-state index contributed by atoms with van der Waals surface area (Å²) in [6.45, 7) is 8.20. The maximum absolute atomic E-state index is 12.5. The molecule has 0 aliphatic heterocycles. The van der Waals surface area contributed by atoms with E-state index in [-0.39, 0.29) is 13.1 Å². The first kappa shape index (κ1) is 18.9. The van der Waals surface area contributed by atoms with Gasteiger partial charge in [0.15, 0.2) is 0 Å². The van der Waals surface area contributed by atoms with Gasteiger partial charge < -0.3 is 5.32 Å². The molecular weight excluding hydrogens is 336 g/mol. The first-order chi connectivity index (χ1) is 12.4. The second kappa shape index (κ2) is 8.11. The van der Waals surface area contributed by atoms with Gasteiger partial charge in [0.1, 0.15) is 6.54 Å². The van der Waals surface area contributed by atoms with Gasteiger partial charge in [-0.3, -0.25) is 4.79 Å². The fourth-order valence-electron chi connectivity index (χ4n) is 2.46. The summed E-state index contributed by atoms with van der Waals surface area (Å²) >= 11 is 0. The lowest BCUT2D eigenvalue weighted by Gasteiger charge is -2.12. The minimum atomic E-state index is -0.861. The summed E-state index contributed by atoms with van der Waals surface area (Å²) in [5.41, 5.74) is -0.990. The molecule has 1 heterocycles. The van der Waals surface area contributed by atoms with Crippen molar-refractivity contribution in [3.8, 4) is 0 Å². The van der Waals surface area contributed by atoms with Crippen LogP contribution in [0.3, 0.4) is 0 Å². The smallest absolute Gasteiger partial charge is 0.325 e. The maximum atomic E-state index is 12.5. The number of amides is 1. The van der Waals surface area contributed by atoms with Crippen LogP contribution < -0.4 is 22.4 Å². The van der Waals surface area contributed by atoms with Gasteiger partial charge in [-0.1, -0.05) is 24.3 Å². The molecule has 2 aromatic rings. The molecule has 1 aromatic heterocycles. The third-order valence-corrected chi connectivity index (χ3v) is 3.61. The lowest BCUT2D eigenvalue weighted by Crippen LogP contribution is -2.55. The number of carbonyl (C=O) groups is 1. The first-order valence-electron chi connectivity index (χ1n) is 7.91. The highest BCUT2D eigenvalue weighted by atomic mass is 16.2. The summed E-state index contributed by atoms with van der Waals surface area (Å²) in [7, 11) is 0. The molecular formula is C18H20N4O4. The number of hydrogen-bond acceptors (Lipinski definition) is 4. The SMILES string of the molecule is C=CCn1c(=O)n(CC=C)c(=O)n(CC(=O)Nc2cccc(C)c2)c1=O. The number of aryl methyl sites for hydroxylation is 1. The van der Waals surface area contributed by atoms with Crippen molar-refractivity contribution in [3.63, 3.8) is 0 Å². The van der Waals surface area contributed by atoms with Gasteiger partial charge in [0.05, 0.1) is 13.1 Å². The van der Waals surface area contributed by atoms with E-state index in [0.29, 0.717) is 5.69 Å². The van der Waals surface area contributed by atoms with Crippen molar-refractivity contribution < 1.29 is 4.79 Å². The zero-order valence-electron chi connectivity index (χ0n) is 14.5. The molecule has 0 saturated heterocycles. The van der Waals surface area contributed by atoms with E-state index in [1.807, 2.05) is 13.0 Å². The molecule has 26 heavy (non-hydrogen) atoms. The molecule has 0 atom stereocenters. The van der Waals surface area contributed by atoms with E-state index in [4.69, 9.17) is 0 Å². The molecule has 1 aromatic carbocycles. The Morgan fingerprint density at radius 2 is 1.54 bits per heavy atom. The lowest BCUT2D eigenvalue weighted by molar-refractivity contribution is -0.116. The summed E-state index contributed by atoms with van der Waals surface area (Å²) in [5, 5.41) is 2.63. The predicted octanol–water partition coefficient (Wildman–Crippen LogP) is 0.491. The molecule has 0 radical (unpaired) electrons. The number of allylic oxidation sites excluding steroid dienone is 2. The molecule has 2 rings (SSSR count). The van der Waals surface area contributed by atoms with E-state index in [9.17, 15) is 19.2 Å². The molecule has 0 aliphatic carbocycles. The second-order valence-electron chi connectivity index (χ2n) is 5.65. The number of rotatable bonds is 7. The third-order valence-electron chi connectivity index (χ3n) is 3.61. The normalized spacial score (nSPS) is 10.3. The topological polar surface area (TPSA) is 95.1 Å². The summed E-state index contributed by atoms with van der Waals surface area (Å²) in [5.74, 6) is -0.552. The lowest BCUT2D eigenvalue weighted by atomic mass is 10.2. The van der Waals surface area contributed by atoms with E-state index in [1.54, 1.807) is 18.2 Å². The number of anilines is 1. The third kappa shape index (κ3) is 3.97.